The van der Waals surface area contributed by atoms with Crippen LogP contribution < -0.4 is 5.32 Å². The molecule has 1 aromatic heterocycles. The number of esters is 1. The number of para-hydroxylation sites is 2. The highest BCUT2D eigenvalue weighted by Gasteiger charge is 2.09. The molecule has 2 aromatic carbocycles. The molecule has 27 heavy (non-hydrogen) atoms. The third-order valence-electron chi connectivity index (χ3n) is 3.41. The third-order valence-corrected chi connectivity index (χ3v) is 3.90. The van der Waals surface area contributed by atoms with Crippen molar-refractivity contribution in [3.05, 3.63) is 70.7 Å². The van der Waals surface area contributed by atoms with E-state index < -0.39 is 24.3 Å². The van der Waals surface area contributed by atoms with Crippen molar-refractivity contribution in [2.24, 2.45) is 0 Å². The molecule has 0 saturated heterocycles. The number of aromatic nitrogens is 2. The van der Waals surface area contributed by atoms with Crippen molar-refractivity contribution in [2.75, 3.05) is 11.9 Å². The number of rotatable bonds is 5. The summed E-state index contributed by atoms with van der Waals surface area (Å²) in [5, 5.41) is 2.33. The van der Waals surface area contributed by atoms with E-state index in [2.05, 4.69) is 31.2 Å². The number of benzene rings is 2. The molecule has 0 saturated carbocycles. The highest BCUT2D eigenvalue weighted by atomic mass is 79.9. The molecule has 0 atom stereocenters. The summed E-state index contributed by atoms with van der Waals surface area (Å²) < 4.78 is 19.0. The van der Waals surface area contributed by atoms with Gasteiger partial charge in [0.2, 0.25) is 0 Å². The Bertz CT molecular complexity index is 1040. The second kappa shape index (κ2) is 8.50. The third kappa shape index (κ3) is 5.18. The average Bonchev–Trinajstić information content (AvgIpc) is 2.67. The maximum atomic E-state index is 13.7. The van der Waals surface area contributed by atoms with Crippen molar-refractivity contribution in [3.63, 3.8) is 0 Å². The molecule has 1 amide bonds. The predicted octanol–water partition coefficient (Wildman–Crippen LogP) is 3.73. The van der Waals surface area contributed by atoms with Gasteiger partial charge in [-0.15, -0.1) is 0 Å². The van der Waals surface area contributed by atoms with Crippen molar-refractivity contribution in [2.45, 2.75) is 0 Å². The van der Waals surface area contributed by atoms with E-state index >= 15 is 0 Å². The first-order valence-corrected chi connectivity index (χ1v) is 8.62. The molecule has 0 aliphatic heterocycles. The van der Waals surface area contributed by atoms with Gasteiger partial charge in [-0.3, -0.25) is 9.78 Å². The standard InChI is InChI=1S/C19H13BrFN3O3/c20-12-5-7-15(14(21)9-12)24-18(25)11-27-19(26)8-6-13-10-22-16-3-1-2-4-17(16)23-13/h1-10H,11H2,(H,24,25). The summed E-state index contributed by atoms with van der Waals surface area (Å²) in [5.74, 6) is -1.97. The van der Waals surface area contributed by atoms with E-state index in [1.807, 2.05) is 24.3 Å². The first-order valence-electron chi connectivity index (χ1n) is 7.83. The molecule has 0 fully saturated rings. The molecule has 1 N–H and O–H groups in total. The lowest BCUT2D eigenvalue weighted by atomic mass is 10.3. The molecule has 3 rings (SSSR count). The lowest BCUT2D eigenvalue weighted by Crippen LogP contribution is -2.20. The van der Waals surface area contributed by atoms with E-state index in [4.69, 9.17) is 4.74 Å². The Morgan fingerprint density at radius 1 is 1.19 bits per heavy atom. The van der Waals surface area contributed by atoms with Gasteiger partial charge in [-0.25, -0.2) is 14.2 Å². The summed E-state index contributed by atoms with van der Waals surface area (Å²) in [4.78, 5) is 32.1. The molecule has 0 spiro atoms. The van der Waals surface area contributed by atoms with Crippen LogP contribution >= 0.6 is 15.9 Å². The Hall–Kier alpha value is -3.13. The minimum atomic E-state index is -0.726. The van der Waals surface area contributed by atoms with Gasteiger partial charge < -0.3 is 10.1 Å². The molecule has 0 bridgehead atoms. The number of hydrogen-bond donors (Lipinski definition) is 1. The molecule has 3 aromatic rings. The highest BCUT2D eigenvalue weighted by molar-refractivity contribution is 9.10. The smallest absolute Gasteiger partial charge is 0.331 e. The number of anilines is 1. The van der Waals surface area contributed by atoms with Gasteiger partial charge in [0.15, 0.2) is 6.61 Å². The Labute approximate surface area is 162 Å². The Morgan fingerprint density at radius 3 is 2.74 bits per heavy atom. The van der Waals surface area contributed by atoms with E-state index in [0.29, 0.717) is 15.7 Å². The van der Waals surface area contributed by atoms with Crippen molar-refractivity contribution < 1.29 is 18.7 Å². The van der Waals surface area contributed by atoms with Gasteiger partial charge in [0.25, 0.3) is 5.91 Å². The van der Waals surface area contributed by atoms with E-state index in [1.54, 1.807) is 6.07 Å². The maximum absolute atomic E-state index is 13.7. The van der Waals surface area contributed by atoms with Crippen LogP contribution in [0.1, 0.15) is 5.69 Å². The number of amides is 1. The number of halogens is 2. The normalized spacial score (nSPS) is 10.9. The van der Waals surface area contributed by atoms with Crippen LogP contribution in [0.4, 0.5) is 10.1 Å². The molecule has 136 valence electrons. The minimum absolute atomic E-state index is 0.00114. The Kier molecular flexibility index (Phi) is 5.87. The van der Waals surface area contributed by atoms with Gasteiger partial charge in [-0.2, -0.15) is 0 Å². The van der Waals surface area contributed by atoms with E-state index in [9.17, 15) is 14.0 Å². The van der Waals surface area contributed by atoms with Crippen LogP contribution in [0.3, 0.4) is 0 Å². The summed E-state index contributed by atoms with van der Waals surface area (Å²) in [6, 6.07) is 11.5. The van der Waals surface area contributed by atoms with Crippen LogP contribution in [0.2, 0.25) is 0 Å². The number of ether oxygens (including phenoxy) is 1. The van der Waals surface area contributed by atoms with Crippen LogP contribution in [0, 0.1) is 5.82 Å². The summed E-state index contributed by atoms with van der Waals surface area (Å²) in [6.07, 6.45) is 4.11. The molecular weight excluding hydrogens is 417 g/mol. The summed E-state index contributed by atoms with van der Waals surface area (Å²) >= 11 is 3.12. The van der Waals surface area contributed by atoms with Crippen molar-refractivity contribution in [1.82, 2.24) is 9.97 Å². The average molecular weight is 430 g/mol. The fraction of sp³-hybridized carbons (Fsp3) is 0.0526. The van der Waals surface area contributed by atoms with Gasteiger partial charge in [0.05, 0.1) is 28.6 Å². The van der Waals surface area contributed by atoms with Crippen LogP contribution in [0.5, 0.6) is 0 Å². The first-order chi connectivity index (χ1) is 13.0. The van der Waals surface area contributed by atoms with E-state index in [0.717, 1.165) is 11.6 Å². The van der Waals surface area contributed by atoms with Crippen LogP contribution in [0.25, 0.3) is 17.1 Å². The zero-order chi connectivity index (χ0) is 19.2. The molecule has 0 aliphatic rings. The second-order valence-electron chi connectivity index (χ2n) is 5.40. The molecule has 8 heteroatoms. The fourth-order valence-electron chi connectivity index (χ4n) is 2.17. The molecule has 6 nitrogen and oxygen atoms in total. The van der Waals surface area contributed by atoms with Gasteiger partial charge in [0.1, 0.15) is 5.82 Å². The van der Waals surface area contributed by atoms with E-state index in [1.165, 1.54) is 24.4 Å². The van der Waals surface area contributed by atoms with E-state index in [-0.39, 0.29) is 5.69 Å². The lowest BCUT2D eigenvalue weighted by molar-refractivity contribution is -0.142. The maximum Gasteiger partial charge on any atom is 0.331 e. The fourth-order valence-corrected chi connectivity index (χ4v) is 2.50. The Balaban J connectivity index is 1.53. The molecule has 0 unspecified atom stereocenters. The van der Waals surface area contributed by atoms with Crippen LogP contribution in [-0.4, -0.2) is 28.5 Å². The first kappa shape index (κ1) is 18.7. The number of hydrogen-bond acceptors (Lipinski definition) is 5. The summed E-state index contributed by atoms with van der Waals surface area (Å²) in [6.45, 7) is -0.540. The van der Waals surface area contributed by atoms with Crippen LogP contribution in [-0.2, 0) is 14.3 Å². The number of carbonyl (C=O) groups excluding carboxylic acids is 2. The topological polar surface area (TPSA) is 81.2 Å². The largest absolute Gasteiger partial charge is 0.452 e. The summed E-state index contributed by atoms with van der Waals surface area (Å²) in [7, 11) is 0. The highest BCUT2D eigenvalue weighted by Crippen LogP contribution is 2.19. The lowest BCUT2D eigenvalue weighted by Gasteiger charge is -2.06. The summed E-state index contributed by atoms with van der Waals surface area (Å²) in [5.41, 5.74) is 1.92. The van der Waals surface area contributed by atoms with Gasteiger partial charge >= 0.3 is 5.97 Å². The van der Waals surface area contributed by atoms with Crippen LogP contribution in [0.15, 0.2) is 59.2 Å². The molecular formula is C19H13BrFN3O3. The van der Waals surface area contributed by atoms with Gasteiger partial charge in [-0.05, 0) is 36.4 Å². The van der Waals surface area contributed by atoms with Gasteiger partial charge in [-0.1, -0.05) is 28.1 Å². The molecule has 1 heterocycles. The second-order valence-corrected chi connectivity index (χ2v) is 6.31. The predicted molar refractivity (Wildman–Crippen MR) is 102 cm³/mol. The van der Waals surface area contributed by atoms with Crippen molar-refractivity contribution in [1.29, 1.82) is 0 Å². The van der Waals surface area contributed by atoms with Gasteiger partial charge in [0, 0.05) is 10.5 Å². The quantitative estimate of drug-likeness (QED) is 0.493. The SMILES string of the molecule is O=C(COC(=O)C=Cc1cnc2ccccc2n1)Nc1ccc(Br)cc1F. The number of nitrogens with one attached hydrogen (secondary N) is 1. The molecule has 0 aliphatic carbocycles. The zero-order valence-electron chi connectivity index (χ0n) is 13.9. The minimum Gasteiger partial charge on any atom is -0.452 e. The zero-order valence-corrected chi connectivity index (χ0v) is 15.4. The number of fused-ring (bicyclic) bond motifs is 1. The monoisotopic (exact) mass is 429 g/mol. The van der Waals surface area contributed by atoms with Crippen molar-refractivity contribution >= 4 is 50.6 Å². The Morgan fingerprint density at radius 2 is 1.96 bits per heavy atom. The number of carbonyl (C=O) groups is 2. The van der Waals surface area contributed by atoms with Crippen molar-refractivity contribution in [3.8, 4) is 0 Å². The molecule has 0 radical (unpaired) electrons. The number of nitrogens with zero attached hydrogens (tertiary/aromatic N) is 2.